The lowest BCUT2D eigenvalue weighted by atomic mass is 9.85. The lowest BCUT2D eigenvalue weighted by Crippen LogP contribution is -2.50. The summed E-state index contributed by atoms with van der Waals surface area (Å²) in [5.41, 5.74) is -0.339. The number of alkyl halides is 3. The molecule has 2 saturated heterocycles. The molecule has 4 atom stereocenters. The zero-order valence-corrected chi connectivity index (χ0v) is 23.4. The van der Waals surface area contributed by atoms with Crippen LogP contribution in [0, 0.1) is 11.7 Å². The van der Waals surface area contributed by atoms with E-state index in [1.807, 2.05) is 0 Å². The molecule has 10 nitrogen and oxygen atoms in total. The van der Waals surface area contributed by atoms with E-state index in [-0.39, 0.29) is 36.1 Å². The number of Topliss-reactive ketones (excluding diaryl/α,β-unsaturated/α-hetero) is 1. The monoisotopic (exact) mass is 608 g/mol. The van der Waals surface area contributed by atoms with Gasteiger partial charge in [0.1, 0.15) is 18.4 Å². The number of allylic oxidation sites excluding steroid dienone is 3. The number of fused-ring (bicyclic) bond motifs is 2. The van der Waals surface area contributed by atoms with E-state index in [2.05, 4.69) is 10.6 Å². The number of rotatable bonds is 8. The Balaban J connectivity index is 1.26. The average molecular weight is 609 g/mol. The van der Waals surface area contributed by atoms with Crippen LogP contribution in [0.15, 0.2) is 47.7 Å². The first-order valence-corrected chi connectivity index (χ1v) is 14.1. The van der Waals surface area contributed by atoms with Crippen molar-refractivity contribution in [2.45, 2.75) is 63.1 Å². The third kappa shape index (κ3) is 6.53. The number of ketones is 1. The number of carbonyl (C=O) groups excluding carboxylic acids is 4. The van der Waals surface area contributed by atoms with Gasteiger partial charge in [0.2, 0.25) is 5.91 Å². The fourth-order valence-electron chi connectivity index (χ4n) is 5.96. The number of amides is 4. The lowest BCUT2D eigenvalue weighted by molar-refractivity contribution is -0.187. The predicted molar refractivity (Wildman–Crippen MR) is 143 cm³/mol. The molecule has 5 rings (SSSR count). The Kier molecular flexibility index (Phi) is 8.50. The minimum Gasteiger partial charge on any atom is -0.436 e. The van der Waals surface area contributed by atoms with Crippen LogP contribution in [0.5, 0.6) is 0 Å². The SMILES string of the molecule is CC(N(Cc1ccc(F)cc1)C(=O)CN1C[C@]2(CCC3C(=O)C(NC(=O)NC[C@H]4CCCO4)=CC=C32)OC1=O)C(F)(F)F. The third-order valence-electron chi connectivity index (χ3n) is 8.35. The van der Waals surface area contributed by atoms with E-state index in [1.54, 1.807) is 6.08 Å². The molecular weight excluding hydrogens is 576 g/mol. The summed E-state index contributed by atoms with van der Waals surface area (Å²) in [5, 5.41) is 5.25. The highest BCUT2D eigenvalue weighted by atomic mass is 19.4. The van der Waals surface area contributed by atoms with Gasteiger partial charge in [-0.25, -0.2) is 14.0 Å². The lowest BCUT2D eigenvalue weighted by Gasteiger charge is -2.32. The van der Waals surface area contributed by atoms with Gasteiger partial charge in [-0.15, -0.1) is 0 Å². The molecule has 0 radical (unpaired) electrons. The van der Waals surface area contributed by atoms with Gasteiger partial charge in [0.05, 0.1) is 18.3 Å². The molecule has 2 aliphatic heterocycles. The van der Waals surface area contributed by atoms with Gasteiger partial charge in [-0.05, 0) is 62.0 Å². The van der Waals surface area contributed by atoms with Crippen LogP contribution in [0.3, 0.4) is 0 Å². The summed E-state index contributed by atoms with van der Waals surface area (Å²) in [6.07, 6.45) is -0.309. The van der Waals surface area contributed by atoms with Gasteiger partial charge in [-0.1, -0.05) is 18.2 Å². The molecule has 2 N–H and O–H groups in total. The van der Waals surface area contributed by atoms with Crippen LogP contribution in [-0.4, -0.2) is 83.8 Å². The first kappa shape index (κ1) is 30.5. The summed E-state index contributed by atoms with van der Waals surface area (Å²) in [4.78, 5) is 53.3. The highest BCUT2D eigenvalue weighted by molar-refractivity contribution is 6.03. The molecule has 1 saturated carbocycles. The van der Waals surface area contributed by atoms with Crippen molar-refractivity contribution in [3.05, 3.63) is 59.1 Å². The van der Waals surface area contributed by atoms with Crippen LogP contribution in [0.4, 0.5) is 27.2 Å². The average Bonchev–Trinajstić information content (AvgIpc) is 3.68. The Morgan fingerprint density at radius 2 is 1.91 bits per heavy atom. The molecule has 2 heterocycles. The first-order chi connectivity index (χ1) is 20.4. The minimum absolute atomic E-state index is 0.0680. The molecule has 4 aliphatic rings. The molecule has 2 aliphatic carbocycles. The topological polar surface area (TPSA) is 117 Å². The summed E-state index contributed by atoms with van der Waals surface area (Å²) in [7, 11) is 0. The molecule has 2 unspecified atom stereocenters. The van der Waals surface area contributed by atoms with E-state index >= 15 is 0 Å². The van der Waals surface area contributed by atoms with Crippen LogP contribution in [0.1, 0.15) is 38.2 Å². The number of hydrogen-bond acceptors (Lipinski definition) is 6. The Hall–Kier alpha value is -3.94. The minimum atomic E-state index is -4.74. The maximum Gasteiger partial charge on any atom is 0.411 e. The second-order valence-electron chi connectivity index (χ2n) is 11.2. The van der Waals surface area contributed by atoms with Gasteiger partial charge in [-0.2, -0.15) is 13.2 Å². The Bertz CT molecular complexity index is 1340. The Morgan fingerprint density at radius 1 is 1.16 bits per heavy atom. The molecule has 14 heteroatoms. The first-order valence-electron chi connectivity index (χ1n) is 14.1. The number of benzene rings is 1. The largest absolute Gasteiger partial charge is 0.436 e. The summed E-state index contributed by atoms with van der Waals surface area (Å²) in [6, 6.07) is 2.02. The van der Waals surface area contributed by atoms with Crippen molar-refractivity contribution >= 4 is 23.8 Å². The van der Waals surface area contributed by atoms with Crippen LogP contribution in [0.2, 0.25) is 0 Å². The zero-order valence-electron chi connectivity index (χ0n) is 23.4. The van der Waals surface area contributed by atoms with Crippen LogP contribution < -0.4 is 10.6 Å². The quantitative estimate of drug-likeness (QED) is 0.436. The van der Waals surface area contributed by atoms with Gasteiger partial charge in [0, 0.05) is 25.6 Å². The Morgan fingerprint density at radius 3 is 2.58 bits per heavy atom. The number of halogens is 4. The second kappa shape index (κ2) is 12.0. The third-order valence-corrected chi connectivity index (χ3v) is 8.35. The van der Waals surface area contributed by atoms with Crippen molar-refractivity contribution in [2.24, 2.45) is 5.92 Å². The molecule has 43 heavy (non-hydrogen) atoms. The molecule has 0 aromatic heterocycles. The molecule has 232 valence electrons. The van der Waals surface area contributed by atoms with Crippen molar-refractivity contribution < 1.29 is 46.2 Å². The van der Waals surface area contributed by atoms with Crippen molar-refractivity contribution in [3.63, 3.8) is 0 Å². The van der Waals surface area contributed by atoms with Gasteiger partial charge < -0.3 is 25.0 Å². The van der Waals surface area contributed by atoms with Crippen molar-refractivity contribution in [2.75, 3.05) is 26.2 Å². The van der Waals surface area contributed by atoms with E-state index in [9.17, 15) is 36.7 Å². The van der Waals surface area contributed by atoms with Gasteiger partial charge in [0.25, 0.3) is 0 Å². The van der Waals surface area contributed by atoms with E-state index in [0.29, 0.717) is 30.0 Å². The van der Waals surface area contributed by atoms with Gasteiger partial charge >= 0.3 is 18.3 Å². The van der Waals surface area contributed by atoms with Crippen molar-refractivity contribution in [1.29, 1.82) is 0 Å². The standard InChI is InChI=1S/C29H32F4N4O6/c1-17(29(31,32)33)37(14-18-4-6-19(30)7-5-18)24(38)15-36-16-28(43-27(36)41)11-10-21-22(28)8-9-23(25(21)39)35-26(40)34-13-20-3-2-12-42-20/h4-9,17,20-21H,2-3,10-16H2,1H3,(H2,34,35,40)/t17?,20-,21?,28+/m1/s1. The number of nitrogens with one attached hydrogen (secondary N) is 2. The van der Waals surface area contributed by atoms with Gasteiger partial charge in [0.15, 0.2) is 11.4 Å². The van der Waals surface area contributed by atoms with Crippen LogP contribution >= 0.6 is 0 Å². The number of nitrogens with zero attached hydrogens (tertiary/aromatic N) is 2. The van der Waals surface area contributed by atoms with E-state index in [0.717, 1.165) is 36.8 Å². The molecule has 1 spiro atoms. The van der Waals surface area contributed by atoms with E-state index < -0.39 is 60.7 Å². The van der Waals surface area contributed by atoms with Crippen molar-refractivity contribution in [3.8, 4) is 0 Å². The van der Waals surface area contributed by atoms with Crippen molar-refractivity contribution in [1.82, 2.24) is 20.4 Å². The molecule has 1 aromatic carbocycles. The number of hydrogen-bond donors (Lipinski definition) is 2. The Labute approximate surface area is 245 Å². The van der Waals surface area contributed by atoms with E-state index in [4.69, 9.17) is 9.47 Å². The van der Waals surface area contributed by atoms with Gasteiger partial charge in [-0.3, -0.25) is 14.5 Å². The number of ether oxygens (including phenoxy) is 2. The maximum absolute atomic E-state index is 13.7. The summed E-state index contributed by atoms with van der Waals surface area (Å²) >= 11 is 0. The summed E-state index contributed by atoms with van der Waals surface area (Å²) in [6.45, 7) is 0.543. The molecule has 1 aromatic rings. The van der Waals surface area contributed by atoms with Crippen LogP contribution in [-0.2, 0) is 25.6 Å². The molecule has 3 fully saturated rings. The zero-order chi connectivity index (χ0) is 30.9. The fourth-order valence-corrected chi connectivity index (χ4v) is 5.96. The highest BCUT2D eigenvalue weighted by Gasteiger charge is 2.56. The van der Waals surface area contributed by atoms with E-state index in [1.165, 1.54) is 18.2 Å². The second-order valence-corrected chi connectivity index (χ2v) is 11.2. The smallest absolute Gasteiger partial charge is 0.411 e. The number of urea groups is 1. The normalized spacial score (nSPS) is 25.7. The predicted octanol–water partition coefficient (Wildman–Crippen LogP) is 3.58. The molecule has 4 amide bonds. The summed E-state index contributed by atoms with van der Waals surface area (Å²) < 4.78 is 65.5. The maximum atomic E-state index is 13.7. The fraction of sp³-hybridized carbons (Fsp3) is 0.517. The van der Waals surface area contributed by atoms with Crippen LogP contribution in [0.25, 0.3) is 0 Å². The highest BCUT2D eigenvalue weighted by Crippen LogP contribution is 2.48. The number of carbonyl (C=O) groups is 4. The summed E-state index contributed by atoms with van der Waals surface area (Å²) in [5.74, 6) is -2.55. The molecular formula is C29H32F4N4O6. The molecule has 0 bridgehead atoms.